The van der Waals surface area contributed by atoms with Crippen molar-refractivity contribution in [1.29, 1.82) is 0 Å². The van der Waals surface area contributed by atoms with Gasteiger partial charge in [0.25, 0.3) is 10.0 Å². The fourth-order valence-corrected chi connectivity index (χ4v) is 3.83. The van der Waals surface area contributed by atoms with Crippen LogP contribution in [-0.4, -0.2) is 26.5 Å². The van der Waals surface area contributed by atoms with Gasteiger partial charge in [-0.3, -0.25) is 4.72 Å². The van der Waals surface area contributed by atoms with Crippen LogP contribution in [0.15, 0.2) is 47.4 Å². The normalized spacial score (nSPS) is 14.9. The molecule has 0 saturated carbocycles. The third-order valence-corrected chi connectivity index (χ3v) is 5.33. The molecule has 1 aliphatic rings. The minimum absolute atomic E-state index is 0.273. The van der Waals surface area contributed by atoms with E-state index in [1.54, 1.807) is 36.4 Å². The zero-order valence-electron chi connectivity index (χ0n) is 13.2. The van der Waals surface area contributed by atoms with Gasteiger partial charge in [-0.2, -0.15) is 0 Å². The van der Waals surface area contributed by atoms with E-state index in [-0.39, 0.29) is 4.90 Å². The number of hydrogen-bond donors (Lipinski definition) is 1. The summed E-state index contributed by atoms with van der Waals surface area (Å²) in [6.07, 6.45) is 2.96. The molecule has 1 aromatic carbocycles. The van der Waals surface area contributed by atoms with Gasteiger partial charge < -0.3 is 4.90 Å². The molecule has 122 valence electrons. The molecule has 0 unspecified atom stereocenters. The van der Waals surface area contributed by atoms with Crippen molar-refractivity contribution >= 4 is 21.5 Å². The van der Waals surface area contributed by atoms with Crippen LogP contribution in [0.2, 0.25) is 0 Å². The van der Waals surface area contributed by atoms with E-state index in [0.717, 1.165) is 37.4 Å². The van der Waals surface area contributed by atoms with Crippen LogP contribution in [-0.2, 0) is 16.4 Å². The Kier molecular flexibility index (Phi) is 4.52. The van der Waals surface area contributed by atoms with Crippen molar-refractivity contribution in [2.24, 2.45) is 0 Å². The number of pyridine rings is 1. The van der Waals surface area contributed by atoms with Gasteiger partial charge in [-0.1, -0.05) is 25.1 Å². The lowest BCUT2D eigenvalue weighted by atomic mass is 10.3. The summed E-state index contributed by atoms with van der Waals surface area (Å²) < 4.78 is 28.0. The number of para-hydroxylation sites is 1. The van der Waals surface area contributed by atoms with Gasteiger partial charge >= 0.3 is 0 Å². The van der Waals surface area contributed by atoms with E-state index in [2.05, 4.69) is 14.6 Å². The van der Waals surface area contributed by atoms with E-state index < -0.39 is 10.0 Å². The lowest BCUT2D eigenvalue weighted by Gasteiger charge is -2.18. The predicted octanol–water partition coefficient (Wildman–Crippen LogP) is 3.05. The minimum atomic E-state index is -3.61. The molecular weight excluding hydrogens is 310 g/mol. The summed E-state index contributed by atoms with van der Waals surface area (Å²) in [4.78, 5) is 7.01. The van der Waals surface area contributed by atoms with Gasteiger partial charge in [0, 0.05) is 30.5 Å². The summed E-state index contributed by atoms with van der Waals surface area (Å²) in [7, 11) is -3.61. The van der Waals surface area contributed by atoms with E-state index >= 15 is 0 Å². The topological polar surface area (TPSA) is 62.3 Å². The summed E-state index contributed by atoms with van der Waals surface area (Å²) in [5.74, 6) is 0.760. The third-order valence-electron chi connectivity index (χ3n) is 3.97. The molecule has 1 saturated heterocycles. The number of benzene rings is 1. The second-order valence-electron chi connectivity index (χ2n) is 5.67. The zero-order valence-corrected chi connectivity index (χ0v) is 14.0. The minimum Gasteiger partial charge on any atom is -0.357 e. The molecular formula is C17H21N3O2S. The molecule has 0 radical (unpaired) electrons. The smallest absolute Gasteiger partial charge is 0.262 e. The summed E-state index contributed by atoms with van der Waals surface area (Å²) in [5.41, 5.74) is 1.35. The van der Waals surface area contributed by atoms with Crippen LogP contribution in [0.4, 0.5) is 11.5 Å². The van der Waals surface area contributed by atoms with Crippen molar-refractivity contribution in [3.63, 3.8) is 0 Å². The van der Waals surface area contributed by atoms with Gasteiger partial charge in [0.15, 0.2) is 0 Å². The van der Waals surface area contributed by atoms with E-state index in [1.807, 2.05) is 13.0 Å². The molecule has 1 aromatic heterocycles. The van der Waals surface area contributed by atoms with E-state index in [1.165, 1.54) is 0 Å². The first-order valence-electron chi connectivity index (χ1n) is 7.92. The molecule has 2 heterocycles. The SMILES string of the molecule is CCc1cc(S(=O)(=O)Nc2ccccc2)cc(N2CCCC2)n1. The Balaban J connectivity index is 1.95. The van der Waals surface area contributed by atoms with E-state index in [0.29, 0.717) is 12.1 Å². The number of sulfonamides is 1. The average Bonchev–Trinajstić information content (AvgIpc) is 3.09. The summed E-state index contributed by atoms with van der Waals surface area (Å²) >= 11 is 0. The molecule has 23 heavy (non-hydrogen) atoms. The Hall–Kier alpha value is -2.08. The van der Waals surface area contributed by atoms with Crippen molar-refractivity contribution in [1.82, 2.24) is 4.98 Å². The van der Waals surface area contributed by atoms with Crippen LogP contribution in [0.5, 0.6) is 0 Å². The van der Waals surface area contributed by atoms with Crippen LogP contribution in [0.3, 0.4) is 0 Å². The largest absolute Gasteiger partial charge is 0.357 e. The number of aromatic nitrogens is 1. The predicted molar refractivity (Wildman–Crippen MR) is 92.3 cm³/mol. The maximum atomic E-state index is 12.7. The van der Waals surface area contributed by atoms with Crippen LogP contribution in [0.1, 0.15) is 25.5 Å². The van der Waals surface area contributed by atoms with Crippen molar-refractivity contribution in [3.8, 4) is 0 Å². The maximum absolute atomic E-state index is 12.7. The highest BCUT2D eigenvalue weighted by Crippen LogP contribution is 2.24. The number of aryl methyl sites for hydroxylation is 1. The molecule has 1 aliphatic heterocycles. The van der Waals surface area contributed by atoms with Crippen molar-refractivity contribution in [2.45, 2.75) is 31.1 Å². The number of nitrogens with one attached hydrogen (secondary N) is 1. The van der Waals surface area contributed by atoms with Gasteiger partial charge in [-0.25, -0.2) is 13.4 Å². The molecule has 6 heteroatoms. The van der Waals surface area contributed by atoms with Crippen LogP contribution in [0, 0.1) is 0 Å². The fourth-order valence-electron chi connectivity index (χ4n) is 2.71. The van der Waals surface area contributed by atoms with E-state index in [4.69, 9.17) is 0 Å². The molecule has 0 spiro atoms. The summed E-state index contributed by atoms with van der Waals surface area (Å²) in [5, 5.41) is 0. The second kappa shape index (κ2) is 6.58. The lowest BCUT2D eigenvalue weighted by molar-refractivity contribution is 0.601. The standard InChI is InChI=1S/C17H21N3O2S/c1-2-14-12-16(13-17(18-14)20-10-6-7-11-20)23(21,22)19-15-8-4-3-5-9-15/h3-5,8-9,12-13,19H,2,6-7,10-11H2,1H3. The van der Waals surface area contributed by atoms with Crippen LogP contribution >= 0.6 is 0 Å². The van der Waals surface area contributed by atoms with Gasteiger partial charge in [0.05, 0.1) is 4.90 Å². The monoisotopic (exact) mass is 331 g/mol. The number of anilines is 2. The summed E-state index contributed by atoms with van der Waals surface area (Å²) in [6.45, 7) is 3.86. The van der Waals surface area contributed by atoms with Gasteiger partial charge in [-0.15, -0.1) is 0 Å². The molecule has 0 amide bonds. The Morgan fingerprint density at radius 3 is 2.48 bits per heavy atom. The Labute approximate surface area is 137 Å². The molecule has 1 fully saturated rings. The first-order chi connectivity index (χ1) is 11.1. The Morgan fingerprint density at radius 1 is 1.13 bits per heavy atom. The highest BCUT2D eigenvalue weighted by Gasteiger charge is 2.20. The third kappa shape index (κ3) is 3.64. The number of rotatable bonds is 5. The molecule has 0 aliphatic carbocycles. The second-order valence-corrected chi connectivity index (χ2v) is 7.35. The summed E-state index contributed by atoms with van der Waals surface area (Å²) in [6, 6.07) is 12.3. The quantitative estimate of drug-likeness (QED) is 0.915. The first-order valence-corrected chi connectivity index (χ1v) is 9.40. The van der Waals surface area contributed by atoms with Crippen LogP contribution in [0.25, 0.3) is 0 Å². The maximum Gasteiger partial charge on any atom is 0.262 e. The highest BCUT2D eigenvalue weighted by molar-refractivity contribution is 7.92. The van der Waals surface area contributed by atoms with Gasteiger partial charge in [-0.05, 0) is 37.5 Å². The van der Waals surface area contributed by atoms with E-state index in [9.17, 15) is 8.42 Å². The molecule has 3 rings (SSSR count). The van der Waals surface area contributed by atoms with Crippen molar-refractivity contribution in [3.05, 3.63) is 48.2 Å². The molecule has 0 bridgehead atoms. The number of hydrogen-bond acceptors (Lipinski definition) is 4. The Bertz CT molecular complexity index is 770. The molecule has 5 nitrogen and oxygen atoms in total. The van der Waals surface area contributed by atoms with Crippen molar-refractivity contribution < 1.29 is 8.42 Å². The molecule has 0 atom stereocenters. The van der Waals surface area contributed by atoms with Crippen molar-refractivity contribution in [2.75, 3.05) is 22.7 Å². The number of nitrogens with zero attached hydrogens (tertiary/aromatic N) is 2. The fraction of sp³-hybridized carbons (Fsp3) is 0.353. The van der Waals surface area contributed by atoms with Gasteiger partial charge in [0.1, 0.15) is 5.82 Å². The highest BCUT2D eigenvalue weighted by atomic mass is 32.2. The first kappa shape index (κ1) is 15.8. The van der Waals surface area contributed by atoms with Crippen LogP contribution < -0.4 is 9.62 Å². The average molecular weight is 331 g/mol. The zero-order chi connectivity index (χ0) is 16.3. The van der Waals surface area contributed by atoms with Gasteiger partial charge in [0.2, 0.25) is 0 Å². The lowest BCUT2D eigenvalue weighted by Crippen LogP contribution is -2.21. The molecule has 2 aromatic rings. The Morgan fingerprint density at radius 2 is 1.83 bits per heavy atom. The molecule has 1 N–H and O–H groups in total.